The molecule has 0 aliphatic rings. The molecule has 0 aromatic heterocycles. The zero-order chi connectivity index (χ0) is 20.6. The van der Waals surface area contributed by atoms with Crippen molar-refractivity contribution in [3.63, 3.8) is 0 Å². The van der Waals surface area contributed by atoms with E-state index in [0.717, 1.165) is 0 Å². The molecule has 1 N–H and O–H groups in total. The van der Waals surface area contributed by atoms with Crippen molar-refractivity contribution in [3.05, 3.63) is 34.9 Å². The number of hydrogen-bond donors (Lipinski definition) is 1. The minimum atomic E-state index is -0.756. The fraction of sp³-hybridized carbons (Fsp3) is 0.526. The van der Waals surface area contributed by atoms with Gasteiger partial charge >= 0.3 is 5.97 Å². The Morgan fingerprint density at radius 3 is 2.44 bits per heavy atom. The van der Waals surface area contributed by atoms with Crippen LogP contribution in [0.25, 0.3) is 0 Å². The first-order valence-corrected chi connectivity index (χ1v) is 10.3. The highest BCUT2D eigenvalue weighted by Gasteiger charge is 2.27. The average molecular weight is 415 g/mol. The van der Waals surface area contributed by atoms with Gasteiger partial charge in [-0.1, -0.05) is 23.7 Å². The van der Waals surface area contributed by atoms with E-state index in [9.17, 15) is 14.4 Å². The number of nitrogens with zero attached hydrogens (tertiary/aromatic N) is 1. The molecule has 1 rings (SSSR count). The highest BCUT2D eigenvalue weighted by atomic mass is 35.5. The molecular weight excluding hydrogens is 388 g/mol. The summed E-state index contributed by atoms with van der Waals surface area (Å²) >= 11 is 7.63. The molecule has 0 spiro atoms. The minimum Gasteiger partial charge on any atom is -0.459 e. The Balaban J connectivity index is 2.82. The highest BCUT2D eigenvalue weighted by Crippen LogP contribution is 2.15. The summed E-state index contributed by atoms with van der Waals surface area (Å²) in [6.45, 7) is 5.10. The Bertz CT molecular complexity index is 676. The standard InChI is InChI=1S/C19H27ClN2O4S/c1-19(2,3)26-16(23)12-22(4)18(25)15(10-11-27-5)21-17(24)13-8-6-7-9-14(13)20/h6-9,15H,10-12H2,1-5H3,(H,21,24). The number of hydrogen-bond acceptors (Lipinski definition) is 5. The van der Waals surface area contributed by atoms with Crippen LogP contribution < -0.4 is 5.32 Å². The first kappa shape index (κ1) is 23.3. The molecule has 1 unspecified atom stereocenters. The number of halogens is 1. The molecule has 150 valence electrons. The third kappa shape index (κ3) is 8.22. The lowest BCUT2D eigenvalue weighted by Gasteiger charge is -2.26. The van der Waals surface area contributed by atoms with Crippen molar-refractivity contribution in [2.24, 2.45) is 0 Å². The van der Waals surface area contributed by atoms with Crippen molar-refractivity contribution in [3.8, 4) is 0 Å². The lowest BCUT2D eigenvalue weighted by molar-refractivity contribution is -0.158. The molecule has 2 amide bonds. The molecule has 0 aliphatic heterocycles. The number of ether oxygens (including phenoxy) is 1. The fourth-order valence-electron chi connectivity index (χ4n) is 2.29. The number of likely N-dealkylation sites (N-methyl/N-ethyl adjacent to an activating group) is 1. The van der Waals surface area contributed by atoms with Gasteiger partial charge in [0.25, 0.3) is 5.91 Å². The summed E-state index contributed by atoms with van der Waals surface area (Å²) in [6, 6.07) is 5.88. The number of nitrogens with one attached hydrogen (secondary N) is 1. The van der Waals surface area contributed by atoms with Crippen molar-refractivity contribution in [1.29, 1.82) is 0 Å². The van der Waals surface area contributed by atoms with E-state index in [1.807, 2.05) is 6.26 Å². The maximum Gasteiger partial charge on any atom is 0.326 e. The molecule has 1 aromatic carbocycles. The SMILES string of the molecule is CSCCC(NC(=O)c1ccccc1Cl)C(=O)N(C)CC(=O)OC(C)(C)C. The highest BCUT2D eigenvalue weighted by molar-refractivity contribution is 7.98. The van der Waals surface area contributed by atoms with Gasteiger partial charge in [0.1, 0.15) is 18.2 Å². The molecule has 0 saturated heterocycles. The van der Waals surface area contributed by atoms with E-state index in [1.54, 1.807) is 56.8 Å². The third-order valence-corrected chi connectivity index (χ3v) is 4.47. The minimum absolute atomic E-state index is 0.187. The van der Waals surface area contributed by atoms with E-state index >= 15 is 0 Å². The second-order valence-electron chi connectivity index (χ2n) is 7.07. The van der Waals surface area contributed by atoms with Crippen LogP contribution in [0.5, 0.6) is 0 Å². The van der Waals surface area contributed by atoms with Crippen molar-refractivity contribution in [2.45, 2.75) is 38.8 Å². The Morgan fingerprint density at radius 1 is 1.26 bits per heavy atom. The Kier molecular flexibility index (Phi) is 9.12. The summed E-state index contributed by atoms with van der Waals surface area (Å²) < 4.78 is 5.24. The van der Waals surface area contributed by atoms with Crippen molar-refractivity contribution in [2.75, 3.05) is 25.6 Å². The van der Waals surface area contributed by atoms with Crippen LogP contribution in [0.15, 0.2) is 24.3 Å². The van der Waals surface area contributed by atoms with E-state index in [0.29, 0.717) is 22.8 Å². The number of thioether (sulfide) groups is 1. The van der Waals surface area contributed by atoms with E-state index in [-0.39, 0.29) is 12.5 Å². The van der Waals surface area contributed by atoms with Crippen molar-refractivity contribution in [1.82, 2.24) is 10.2 Å². The number of carbonyl (C=O) groups is 3. The second kappa shape index (κ2) is 10.6. The molecule has 0 bridgehead atoms. The summed E-state index contributed by atoms with van der Waals surface area (Å²) in [6.07, 6.45) is 2.36. The van der Waals surface area contributed by atoms with E-state index in [1.165, 1.54) is 11.9 Å². The van der Waals surface area contributed by atoms with Crippen LogP contribution in [0.1, 0.15) is 37.6 Å². The lowest BCUT2D eigenvalue weighted by Crippen LogP contribution is -2.49. The van der Waals surface area contributed by atoms with Gasteiger partial charge in [0.2, 0.25) is 5.91 Å². The number of benzene rings is 1. The molecule has 1 aromatic rings. The number of amides is 2. The van der Waals surface area contributed by atoms with Gasteiger partial charge in [-0.25, -0.2) is 0 Å². The van der Waals surface area contributed by atoms with Crippen LogP contribution in [0, 0.1) is 0 Å². The molecule has 0 saturated carbocycles. The Labute approximate surface area is 170 Å². The predicted molar refractivity (Wildman–Crippen MR) is 109 cm³/mol. The number of rotatable bonds is 8. The normalized spacial score (nSPS) is 12.2. The topological polar surface area (TPSA) is 75.7 Å². The summed E-state index contributed by atoms with van der Waals surface area (Å²) in [5.41, 5.74) is -0.326. The molecular formula is C19H27ClN2O4S. The fourth-order valence-corrected chi connectivity index (χ4v) is 2.98. The van der Waals surface area contributed by atoms with E-state index in [4.69, 9.17) is 16.3 Å². The van der Waals surface area contributed by atoms with Gasteiger partial charge in [-0.3, -0.25) is 14.4 Å². The molecule has 0 fully saturated rings. The van der Waals surface area contributed by atoms with Crippen molar-refractivity contribution < 1.29 is 19.1 Å². The van der Waals surface area contributed by atoms with Crippen LogP contribution in [0.3, 0.4) is 0 Å². The van der Waals surface area contributed by atoms with E-state index < -0.39 is 23.5 Å². The van der Waals surface area contributed by atoms with Crippen molar-refractivity contribution >= 4 is 41.1 Å². The zero-order valence-electron chi connectivity index (χ0n) is 16.4. The Hall–Kier alpha value is -1.73. The smallest absolute Gasteiger partial charge is 0.326 e. The quantitative estimate of drug-likeness (QED) is 0.662. The van der Waals surface area contributed by atoms with Gasteiger partial charge in [0, 0.05) is 7.05 Å². The third-order valence-electron chi connectivity index (χ3n) is 3.50. The molecule has 8 heteroatoms. The predicted octanol–water partition coefficient (Wildman–Crippen LogP) is 2.99. The van der Waals surface area contributed by atoms with Crippen LogP contribution in [-0.2, 0) is 14.3 Å². The molecule has 0 heterocycles. The first-order valence-electron chi connectivity index (χ1n) is 8.56. The first-order chi connectivity index (χ1) is 12.5. The van der Waals surface area contributed by atoms with Crippen LogP contribution in [-0.4, -0.2) is 59.9 Å². The molecule has 0 aliphatic carbocycles. The van der Waals surface area contributed by atoms with Crippen LogP contribution >= 0.6 is 23.4 Å². The van der Waals surface area contributed by atoms with Gasteiger partial charge in [-0.15, -0.1) is 0 Å². The van der Waals surface area contributed by atoms with Gasteiger partial charge in [0.05, 0.1) is 10.6 Å². The molecule has 1 atom stereocenters. The van der Waals surface area contributed by atoms with Crippen LogP contribution in [0.2, 0.25) is 5.02 Å². The monoisotopic (exact) mass is 414 g/mol. The van der Waals surface area contributed by atoms with Gasteiger partial charge in [0.15, 0.2) is 0 Å². The summed E-state index contributed by atoms with van der Waals surface area (Å²) in [5.74, 6) is -0.597. The summed E-state index contributed by atoms with van der Waals surface area (Å²) in [5, 5.41) is 3.04. The van der Waals surface area contributed by atoms with Crippen LogP contribution in [0.4, 0.5) is 0 Å². The molecule has 27 heavy (non-hydrogen) atoms. The second-order valence-corrected chi connectivity index (χ2v) is 8.46. The Morgan fingerprint density at radius 2 is 1.89 bits per heavy atom. The van der Waals surface area contributed by atoms with Gasteiger partial charge in [-0.2, -0.15) is 11.8 Å². The molecule has 6 nitrogen and oxygen atoms in total. The van der Waals surface area contributed by atoms with Gasteiger partial charge < -0.3 is 15.0 Å². The lowest BCUT2D eigenvalue weighted by atomic mass is 10.1. The number of esters is 1. The average Bonchev–Trinajstić information content (AvgIpc) is 2.56. The molecule has 0 radical (unpaired) electrons. The maximum absolute atomic E-state index is 12.8. The number of carbonyl (C=O) groups excluding carboxylic acids is 3. The van der Waals surface area contributed by atoms with E-state index in [2.05, 4.69) is 5.32 Å². The maximum atomic E-state index is 12.8. The largest absolute Gasteiger partial charge is 0.459 e. The summed E-state index contributed by atoms with van der Waals surface area (Å²) in [7, 11) is 1.51. The van der Waals surface area contributed by atoms with Gasteiger partial charge in [-0.05, 0) is 51.3 Å². The summed E-state index contributed by atoms with van der Waals surface area (Å²) in [4.78, 5) is 38.5. The zero-order valence-corrected chi connectivity index (χ0v) is 17.9.